The molecule has 0 aliphatic rings. The molecular formula is C7H7IN2. The van der Waals surface area contributed by atoms with E-state index in [1.165, 1.54) is 0 Å². The molecule has 0 aromatic carbocycles. The van der Waals surface area contributed by atoms with Crippen LogP contribution in [0.25, 0.3) is 0 Å². The van der Waals surface area contributed by atoms with Crippen LogP contribution in [-0.2, 0) is 0 Å². The second kappa shape index (κ2) is 3.65. The maximum absolute atomic E-state index is 4.13. The van der Waals surface area contributed by atoms with Gasteiger partial charge in [0.25, 0.3) is 0 Å². The average Bonchev–Trinajstić information content (AvgIpc) is 1.94. The Bertz CT molecular complexity index is 245. The first-order valence-corrected chi connectivity index (χ1v) is 4.12. The first-order chi connectivity index (χ1) is 4.84. The van der Waals surface area contributed by atoms with Crippen LogP contribution in [0.15, 0.2) is 23.5 Å². The minimum absolute atomic E-state index is 0.990. The van der Waals surface area contributed by atoms with Crippen molar-refractivity contribution in [2.75, 3.05) is 0 Å². The molecule has 3 heteroatoms. The first-order valence-electron chi connectivity index (χ1n) is 2.88. The van der Waals surface area contributed by atoms with Gasteiger partial charge in [0.1, 0.15) is 0 Å². The number of rotatable bonds is 1. The quantitative estimate of drug-likeness (QED) is 0.552. The summed E-state index contributed by atoms with van der Waals surface area (Å²) in [4.78, 5) is 8.08. The molecule has 1 aromatic rings. The Morgan fingerprint density at radius 2 is 2.50 bits per heavy atom. The Hall–Kier alpha value is -0.450. The van der Waals surface area contributed by atoms with Gasteiger partial charge in [-0.05, 0) is 41.1 Å². The van der Waals surface area contributed by atoms with Crippen LogP contribution in [0.5, 0.6) is 0 Å². The number of hydrogen-bond donors (Lipinski definition) is 0. The van der Waals surface area contributed by atoms with Crippen molar-refractivity contribution in [3.63, 3.8) is 0 Å². The summed E-state index contributed by atoms with van der Waals surface area (Å²) in [5.74, 6) is 0. The molecule has 0 bridgehead atoms. The number of aromatic nitrogens is 1. The summed E-state index contributed by atoms with van der Waals surface area (Å²) in [7, 11) is 0. The van der Waals surface area contributed by atoms with Crippen LogP contribution in [0.4, 0.5) is 5.69 Å². The molecule has 0 aliphatic carbocycles. The predicted molar refractivity (Wildman–Crippen MR) is 51.1 cm³/mol. The van der Waals surface area contributed by atoms with Crippen molar-refractivity contribution in [1.82, 2.24) is 4.98 Å². The fourth-order valence-corrected chi connectivity index (χ4v) is 0.964. The summed E-state index contributed by atoms with van der Waals surface area (Å²) in [6.45, 7) is 1.99. The highest BCUT2D eigenvalue weighted by Gasteiger charge is 1.90. The van der Waals surface area contributed by atoms with Crippen molar-refractivity contribution in [2.24, 2.45) is 4.99 Å². The van der Waals surface area contributed by atoms with Gasteiger partial charge in [0.2, 0.25) is 0 Å². The first kappa shape index (κ1) is 7.65. The Kier molecular flexibility index (Phi) is 2.80. The molecule has 1 heterocycles. The van der Waals surface area contributed by atoms with E-state index in [9.17, 15) is 0 Å². The van der Waals surface area contributed by atoms with Gasteiger partial charge < -0.3 is 0 Å². The van der Waals surface area contributed by atoms with Gasteiger partial charge in [-0.3, -0.25) is 4.98 Å². The summed E-state index contributed by atoms with van der Waals surface area (Å²) in [6.07, 6.45) is 3.55. The topological polar surface area (TPSA) is 25.2 Å². The molecule has 0 amide bonds. The largest absolute Gasteiger partial charge is 0.264 e. The zero-order valence-electron chi connectivity index (χ0n) is 5.58. The normalized spacial score (nSPS) is 10.6. The molecule has 0 unspecified atom stereocenters. The second-order valence-corrected chi connectivity index (χ2v) is 2.45. The Labute approximate surface area is 73.5 Å². The molecule has 0 N–H and O–H groups in total. The second-order valence-electron chi connectivity index (χ2n) is 1.89. The summed E-state index contributed by atoms with van der Waals surface area (Å²) < 4.78 is 1.75. The van der Waals surface area contributed by atoms with Crippen molar-refractivity contribution in [2.45, 2.75) is 6.92 Å². The van der Waals surface area contributed by atoms with E-state index < -0.39 is 0 Å². The molecule has 0 spiro atoms. The lowest BCUT2D eigenvalue weighted by atomic mass is 10.3. The van der Waals surface area contributed by atoms with Gasteiger partial charge in [-0.1, -0.05) is 0 Å². The molecule has 52 valence electrons. The molecule has 1 aromatic heterocycles. The molecule has 0 aliphatic heterocycles. The van der Waals surface area contributed by atoms with Gasteiger partial charge in [0.15, 0.2) is 0 Å². The number of aliphatic imine (C=N–C) groups is 1. The van der Waals surface area contributed by atoms with Crippen LogP contribution in [0.1, 0.15) is 5.56 Å². The van der Waals surface area contributed by atoms with Crippen LogP contribution in [-0.4, -0.2) is 9.21 Å². The maximum Gasteiger partial charge on any atom is 0.0694 e. The van der Waals surface area contributed by atoms with Gasteiger partial charge in [0, 0.05) is 12.4 Å². The third kappa shape index (κ3) is 1.76. The van der Waals surface area contributed by atoms with Gasteiger partial charge >= 0.3 is 0 Å². The van der Waals surface area contributed by atoms with Gasteiger partial charge in [-0.15, -0.1) is 0 Å². The van der Waals surface area contributed by atoms with Crippen molar-refractivity contribution in [1.29, 1.82) is 0 Å². The highest BCUT2D eigenvalue weighted by atomic mass is 127. The Morgan fingerprint density at radius 1 is 1.70 bits per heavy atom. The molecule has 2 nitrogen and oxygen atoms in total. The van der Waals surface area contributed by atoms with E-state index in [4.69, 9.17) is 0 Å². The number of hydrogen-bond acceptors (Lipinski definition) is 2. The van der Waals surface area contributed by atoms with E-state index in [1.54, 1.807) is 16.6 Å². The molecule has 0 saturated carbocycles. The molecule has 0 atom stereocenters. The number of nitrogens with zero attached hydrogens (tertiary/aromatic N) is 2. The number of halogens is 1. The lowest BCUT2D eigenvalue weighted by molar-refractivity contribution is 1.25. The molecule has 0 saturated heterocycles. The van der Waals surface area contributed by atoms with E-state index in [-0.39, 0.29) is 0 Å². The van der Waals surface area contributed by atoms with Crippen molar-refractivity contribution in [3.8, 4) is 0 Å². The van der Waals surface area contributed by atoms with E-state index in [1.807, 2.05) is 13.0 Å². The van der Waals surface area contributed by atoms with E-state index in [0.717, 1.165) is 11.3 Å². The zero-order chi connectivity index (χ0) is 7.40. The maximum atomic E-state index is 4.13. The van der Waals surface area contributed by atoms with E-state index in [2.05, 4.69) is 32.6 Å². The van der Waals surface area contributed by atoms with E-state index >= 15 is 0 Å². The van der Waals surface area contributed by atoms with Crippen molar-refractivity contribution in [3.05, 3.63) is 24.0 Å². The average molecular weight is 246 g/mol. The highest BCUT2D eigenvalue weighted by Crippen LogP contribution is 2.14. The monoisotopic (exact) mass is 246 g/mol. The predicted octanol–water partition coefficient (Wildman–Crippen LogP) is 2.48. The lowest BCUT2D eigenvalue weighted by Gasteiger charge is -1.94. The summed E-state index contributed by atoms with van der Waals surface area (Å²) in [6, 6.07) is 1.89. The molecule has 0 fully saturated rings. The third-order valence-corrected chi connectivity index (χ3v) is 1.46. The number of aryl methyl sites for hydroxylation is 1. The van der Waals surface area contributed by atoms with Gasteiger partial charge in [0.05, 0.1) is 9.91 Å². The minimum Gasteiger partial charge on any atom is -0.264 e. The van der Waals surface area contributed by atoms with Gasteiger partial charge in [-0.2, -0.15) is 0 Å². The SMILES string of the molecule is Cc1cnccc1/N=C\I. The van der Waals surface area contributed by atoms with Crippen LogP contribution in [0.3, 0.4) is 0 Å². The van der Waals surface area contributed by atoms with Crippen LogP contribution < -0.4 is 0 Å². The highest BCUT2D eigenvalue weighted by molar-refractivity contribution is 14.1. The van der Waals surface area contributed by atoms with Crippen molar-refractivity contribution >= 4 is 32.5 Å². The third-order valence-electron chi connectivity index (χ3n) is 1.18. The van der Waals surface area contributed by atoms with Crippen LogP contribution in [0.2, 0.25) is 0 Å². The Balaban J connectivity index is 3.03. The fourth-order valence-electron chi connectivity index (χ4n) is 0.663. The zero-order valence-corrected chi connectivity index (χ0v) is 7.74. The van der Waals surface area contributed by atoms with Gasteiger partial charge in [-0.25, -0.2) is 4.99 Å². The number of pyridine rings is 1. The molecular weight excluding hydrogens is 239 g/mol. The minimum atomic E-state index is 0.990. The lowest BCUT2D eigenvalue weighted by Crippen LogP contribution is -1.75. The standard InChI is InChI=1S/C7H7IN2/c1-6-4-9-3-2-7(6)10-5-8/h2-5H,1H3/b10-5-. The van der Waals surface area contributed by atoms with Crippen LogP contribution in [0, 0.1) is 6.92 Å². The molecule has 0 radical (unpaired) electrons. The fraction of sp³-hybridized carbons (Fsp3) is 0.143. The molecule has 10 heavy (non-hydrogen) atoms. The molecule has 1 rings (SSSR count). The summed E-state index contributed by atoms with van der Waals surface area (Å²) in [5, 5.41) is 0. The van der Waals surface area contributed by atoms with Crippen molar-refractivity contribution < 1.29 is 0 Å². The van der Waals surface area contributed by atoms with E-state index in [0.29, 0.717) is 0 Å². The smallest absolute Gasteiger partial charge is 0.0694 e. The van der Waals surface area contributed by atoms with Crippen LogP contribution >= 0.6 is 22.6 Å². The summed E-state index contributed by atoms with van der Waals surface area (Å²) in [5.41, 5.74) is 2.10. The summed E-state index contributed by atoms with van der Waals surface area (Å²) >= 11 is 2.10. The Morgan fingerprint density at radius 3 is 3.10 bits per heavy atom.